The molecule has 0 fully saturated rings. The Morgan fingerprint density at radius 3 is 2.00 bits per heavy atom. The molecular formula is C19H17NO4S. The summed E-state index contributed by atoms with van der Waals surface area (Å²) in [4.78, 5) is 1.39. The fourth-order valence-electron chi connectivity index (χ4n) is 2.58. The molecule has 3 aromatic rings. The molecule has 0 bridgehead atoms. The van der Waals surface area contributed by atoms with Crippen molar-refractivity contribution < 1.29 is 18.1 Å². The molecule has 3 aromatic carbocycles. The molecule has 0 aliphatic rings. The number of para-hydroxylation sites is 1. The molecule has 0 saturated heterocycles. The monoisotopic (exact) mass is 355 g/mol. The first kappa shape index (κ1) is 17.0. The van der Waals surface area contributed by atoms with Gasteiger partial charge in [-0.05, 0) is 35.9 Å². The Kier molecular flexibility index (Phi) is 4.74. The molecule has 6 heteroatoms. The summed E-state index contributed by atoms with van der Waals surface area (Å²) in [5, 5.41) is 9.75. The number of aromatic hydroxyl groups is 1. The second kappa shape index (κ2) is 6.96. The molecule has 0 aromatic heterocycles. The molecule has 0 aliphatic carbocycles. The van der Waals surface area contributed by atoms with Gasteiger partial charge in [0.25, 0.3) is 10.1 Å². The van der Waals surface area contributed by atoms with Gasteiger partial charge >= 0.3 is 0 Å². The third-order valence-electron chi connectivity index (χ3n) is 3.78. The molecule has 0 heterocycles. The molecule has 2 N–H and O–H groups in total. The van der Waals surface area contributed by atoms with E-state index in [1.165, 1.54) is 12.1 Å². The first-order chi connectivity index (χ1) is 11.9. The molecule has 5 nitrogen and oxygen atoms in total. The Balaban J connectivity index is 2.09. The van der Waals surface area contributed by atoms with E-state index in [9.17, 15) is 18.1 Å². The van der Waals surface area contributed by atoms with Gasteiger partial charge in [0.2, 0.25) is 0 Å². The second-order valence-electron chi connectivity index (χ2n) is 5.53. The van der Waals surface area contributed by atoms with Gasteiger partial charge < -0.3 is 10.0 Å². The summed E-state index contributed by atoms with van der Waals surface area (Å²) in [7, 11) is -4.52. The van der Waals surface area contributed by atoms with E-state index in [2.05, 4.69) is 0 Å². The van der Waals surface area contributed by atoms with Crippen molar-refractivity contribution in [1.82, 2.24) is 0 Å². The highest BCUT2D eigenvalue weighted by Gasteiger charge is 2.19. The minimum absolute atomic E-state index is 0.487. The van der Waals surface area contributed by atoms with Crippen molar-refractivity contribution in [2.75, 3.05) is 4.90 Å². The van der Waals surface area contributed by atoms with Crippen LogP contribution in [0.1, 0.15) is 5.56 Å². The third kappa shape index (κ3) is 3.99. The van der Waals surface area contributed by atoms with Crippen molar-refractivity contribution in [1.29, 1.82) is 0 Å². The normalized spacial score (nSPS) is 11.2. The molecule has 0 saturated carbocycles. The Bertz CT molecular complexity index is 957. The fraction of sp³-hybridized carbons (Fsp3) is 0.0526. The van der Waals surface area contributed by atoms with E-state index < -0.39 is 20.8 Å². The van der Waals surface area contributed by atoms with Crippen LogP contribution in [-0.4, -0.2) is 18.1 Å². The highest BCUT2D eigenvalue weighted by Crippen LogP contribution is 2.33. The summed E-state index contributed by atoms with van der Waals surface area (Å²) in [6.45, 7) is 0.501. The molecule has 0 unspecified atom stereocenters. The zero-order valence-electron chi connectivity index (χ0n) is 13.3. The molecule has 0 aliphatic heterocycles. The van der Waals surface area contributed by atoms with Gasteiger partial charge in [-0.2, -0.15) is 8.42 Å². The number of anilines is 2. The largest absolute Gasteiger partial charge is 0.506 e. The highest BCUT2D eigenvalue weighted by atomic mass is 32.2. The van der Waals surface area contributed by atoms with Crippen LogP contribution in [0, 0.1) is 0 Å². The minimum atomic E-state index is -4.52. The molecule has 0 spiro atoms. The van der Waals surface area contributed by atoms with Crippen LogP contribution in [0.4, 0.5) is 11.4 Å². The molecule has 0 amide bonds. The predicted octanol–water partition coefficient (Wildman–Crippen LogP) is 3.98. The number of hydrogen-bond donors (Lipinski definition) is 2. The van der Waals surface area contributed by atoms with Crippen molar-refractivity contribution in [3.63, 3.8) is 0 Å². The van der Waals surface area contributed by atoms with Crippen LogP contribution in [-0.2, 0) is 16.7 Å². The zero-order valence-corrected chi connectivity index (χ0v) is 14.1. The molecule has 0 radical (unpaired) electrons. The van der Waals surface area contributed by atoms with Gasteiger partial charge in [0.05, 0.1) is 0 Å². The minimum Gasteiger partial charge on any atom is -0.506 e. The van der Waals surface area contributed by atoms with Crippen molar-refractivity contribution >= 4 is 21.5 Å². The van der Waals surface area contributed by atoms with Gasteiger partial charge in [0.1, 0.15) is 10.6 Å². The number of rotatable bonds is 5. The molecule has 0 atom stereocenters. The number of hydrogen-bond acceptors (Lipinski definition) is 4. The van der Waals surface area contributed by atoms with Crippen LogP contribution >= 0.6 is 0 Å². The number of phenols is 1. The average molecular weight is 355 g/mol. The summed E-state index contributed by atoms with van der Waals surface area (Å²) in [6.07, 6.45) is 0. The van der Waals surface area contributed by atoms with Crippen LogP contribution in [0.25, 0.3) is 0 Å². The van der Waals surface area contributed by atoms with E-state index >= 15 is 0 Å². The quantitative estimate of drug-likeness (QED) is 0.677. The van der Waals surface area contributed by atoms with Crippen molar-refractivity contribution in [3.05, 3.63) is 84.4 Å². The van der Waals surface area contributed by atoms with Gasteiger partial charge in [0.15, 0.2) is 0 Å². The van der Waals surface area contributed by atoms with Crippen LogP contribution in [0.5, 0.6) is 5.75 Å². The Morgan fingerprint density at radius 2 is 1.40 bits per heavy atom. The second-order valence-corrected chi connectivity index (χ2v) is 6.92. The van der Waals surface area contributed by atoms with Gasteiger partial charge in [-0.3, -0.25) is 4.55 Å². The van der Waals surface area contributed by atoms with Crippen LogP contribution < -0.4 is 4.90 Å². The van der Waals surface area contributed by atoms with Crippen molar-refractivity contribution in [3.8, 4) is 5.75 Å². The molecule has 3 rings (SSSR count). The van der Waals surface area contributed by atoms with Crippen LogP contribution in [0.3, 0.4) is 0 Å². The highest BCUT2D eigenvalue weighted by molar-refractivity contribution is 7.86. The number of nitrogens with zero attached hydrogens (tertiary/aromatic N) is 1. The Labute approximate surface area is 146 Å². The molecule has 128 valence electrons. The first-order valence-electron chi connectivity index (χ1n) is 7.62. The van der Waals surface area contributed by atoms with E-state index in [0.29, 0.717) is 12.2 Å². The summed E-state index contributed by atoms with van der Waals surface area (Å²) in [5.41, 5.74) is 2.44. The first-order valence-corrected chi connectivity index (χ1v) is 9.06. The van der Waals surface area contributed by atoms with Crippen LogP contribution in [0.2, 0.25) is 0 Å². The topological polar surface area (TPSA) is 77.8 Å². The molecule has 25 heavy (non-hydrogen) atoms. The lowest BCUT2D eigenvalue weighted by molar-refractivity contribution is 0.443. The predicted molar refractivity (Wildman–Crippen MR) is 96.6 cm³/mol. The maximum Gasteiger partial charge on any atom is 0.298 e. The lowest BCUT2D eigenvalue weighted by Crippen LogP contribution is -2.16. The van der Waals surface area contributed by atoms with Gasteiger partial charge in [-0.1, -0.05) is 48.5 Å². The number of benzene rings is 3. The summed E-state index contributed by atoms with van der Waals surface area (Å²) in [6, 6.07) is 23.3. The van der Waals surface area contributed by atoms with E-state index in [-0.39, 0.29) is 0 Å². The van der Waals surface area contributed by atoms with E-state index in [1.54, 1.807) is 6.07 Å². The van der Waals surface area contributed by atoms with E-state index in [0.717, 1.165) is 11.3 Å². The lowest BCUT2D eigenvalue weighted by atomic mass is 10.1. The van der Waals surface area contributed by atoms with E-state index in [1.807, 2.05) is 65.6 Å². The molecular weight excluding hydrogens is 338 g/mol. The third-order valence-corrected chi connectivity index (χ3v) is 4.67. The number of phenolic OH excluding ortho intramolecular Hbond substituents is 1. The van der Waals surface area contributed by atoms with Crippen molar-refractivity contribution in [2.45, 2.75) is 11.4 Å². The van der Waals surface area contributed by atoms with Crippen LogP contribution in [0.15, 0.2) is 83.8 Å². The van der Waals surface area contributed by atoms with Gasteiger partial charge in [0, 0.05) is 17.9 Å². The fourth-order valence-corrected chi connectivity index (χ4v) is 3.18. The average Bonchev–Trinajstić information content (AvgIpc) is 2.61. The SMILES string of the molecule is O=S(=O)(O)c1cc(N(Cc2ccccc2)c2ccccc2)ccc1O. The Hall–Kier alpha value is -2.83. The van der Waals surface area contributed by atoms with Gasteiger partial charge in [-0.25, -0.2) is 0 Å². The Morgan fingerprint density at radius 1 is 0.800 bits per heavy atom. The standard InChI is InChI=1S/C19H17NO4S/c21-18-12-11-17(13-19(18)25(22,23)24)20(16-9-5-2-6-10-16)14-15-7-3-1-4-8-15/h1-13,21H,14H2,(H,22,23,24). The van der Waals surface area contributed by atoms with Crippen molar-refractivity contribution in [2.24, 2.45) is 0 Å². The summed E-state index contributed by atoms with van der Waals surface area (Å²) < 4.78 is 32.3. The lowest BCUT2D eigenvalue weighted by Gasteiger charge is -2.25. The maximum absolute atomic E-state index is 11.5. The summed E-state index contributed by atoms with van der Waals surface area (Å²) >= 11 is 0. The summed E-state index contributed by atoms with van der Waals surface area (Å²) in [5.74, 6) is -0.487. The maximum atomic E-state index is 11.5. The van der Waals surface area contributed by atoms with E-state index in [4.69, 9.17) is 0 Å². The van der Waals surface area contributed by atoms with Gasteiger partial charge in [-0.15, -0.1) is 0 Å². The smallest absolute Gasteiger partial charge is 0.298 e. The zero-order chi connectivity index (χ0) is 17.9.